The number of pyridine rings is 1. The first-order valence-corrected chi connectivity index (χ1v) is 6.84. The fraction of sp³-hybridized carbons (Fsp3) is 0.545. The molecule has 0 radical (unpaired) electrons. The van der Waals surface area contributed by atoms with Crippen LogP contribution in [0.5, 0.6) is 0 Å². The molecule has 0 aliphatic rings. The molecule has 0 aliphatic carbocycles. The first-order chi connectivity index (χ1) is 7.13. The minimum atomic E-state index is 0.599. The van der Waals surface area contributed by atoms with Gasteiger partial charge in [0.05, 0.1) is 0 Å². The van der Waals surface area contributed by atoms with Gasteiger partial charge in [0, 0.05) is 22.0 Å². The molecule has 0 aromatic carbocycles. The summed E-state index contributed by atoms with van der Waals surface area (Å²) < 4.78 is 1.06. The summed E-state index contributed by atoms with van der Waals surface area (Å²) in [5.41, 5.74) is 1.21. The highest BCUT2D eigenvalue weighted by molar-refractivity contribution is 9.10. The molecule has 15 heavy (non-hydrogen) atoms. The lowest BCUT2D eigenvalue weighted by atomic mass is 10.2. The van der Waals surface area contributed by atoms with Crippen molar-refractivity contribution in [3.05, 3.63) is 22.3 Å². The molecule has 1 heterocycles. The van der Waals surface area contributed by atoms with Crippen LogP contribution in [-0.4, -0.2) is 16.4 Å². The molecule has 1 unspecified atom stereocenters. The van der Waals surface area contributed by atoms with Gasteiger partial charge in [0.2, 0.25) is 0 Å². The summed E-state index contributed by atoms with van der Waals surface area (Å²) in [7, 11) is 0. The van der Waals surface area contributed by atoms with E-state index in [-0.39, 0.29) is 0 Å². The lowest BCUT2D eigenvalue weighted by Crippen LogP contribution is -2.08. The summed E-state index contributed by atoms with van der Waals surface area (Å²) in [5, 5.41) is 3.32. The molecule has 1 aromatic heterocycles. The van der Waals surface area contributed by atoms with Gasteiger partial charge in [0.15, 0.2) is 0 Å². The second-order valence-electron chi connectivity index (χ2n) is 3.54. The number of hydrogen-bond donors (Lipinski definition) is 1. The normalized spacial score (nSPS) is 12.5. The molecule has 0 bridgehead atoms. The van der Waals surface area contributed by atoms with Gasteiger partial charge in [-0.1, -0.05) is 22.9 Å². The number of rotatable bonds is 5. The smallest absolute Gasteiger partial charge is 0.126 e. The highest BCUT2D eigenvalue weighted by Crippen LogP contribution is 2.17. The molecule has 1 atom stereocenters. The van der Waals surface area contributed by atoms with Crippen LogP contribution in [0.3, 0.4) is 0 Å². The summed E-state index contributed by atoms with van der Waals surface area (Å²) >= 11 is 7.04. The van der Waals surface area contributed by atoms with Gasteiger partial charge in [-0.05, 0) is 47.3 Å². The molecule has 0 saturated heterocycles. The van der Waals surface area contributed by atoms with Gasteiger partial charge in [-0.15, -0.1) is 0 Å². The molecule has 0 aliphatic heterocycles. The minimum Gasteiger partial charge on any atom is -0.370 e. The number of aromatic nitrogens is 1. The highest BCUT2D eigenvalue weighted by Gasteiger charge is 2.01. The zero-order valence-electron chi connectivity index (χ0n) is 9.06. The van der Waals surface area contributed by atoms with E-state index in [2.05, 4.69) is 62.1 Å². The lowest BCUT2D eigenvalue weighted by Gasteiger charge is -2.09. The third kappa shape index (κ3) is 4.51. The van der Waals surface area contributed by atoms with E-state index in [4.69, 9.17) is 0 Å². The number of halogens is 2. The molecule has 84 valence electrons. The van der Waals surface area contributed by atoms with Gasteiger partial charge in [-0.25, -0.2) is 4.98 Å². The zero-order chi connectivity index (χ0) is 11.3. The van der Waals surface area contributed by atoms with E-state index in [1.165, 1.54) is 5.56 Å². The molecule has 1 N–H and O–H groups in total. The van der Waals surface area contributed by atoms with Crippen molar-refractivity contribution < 1.29 is 0 Å². The van der Waals surface area contributed by atoms with E-state index in [1.54, 1.807) is 0 Å². The van der Waals surface area contributed by atoms with Crippen molar-refractivity contribution in [3.63, 3.8) is 0 Å². The lowest BCUT2D eigenvalue weighted by molar-refractivity contribution is 0.773. The van der Waals surface area contributed by atoms with Crippen molar-refractivity contribution >= 4 is 37.7 Å². The Labute approximate surface area is 108 Å². The summed E-state index contributed by atoms with van der Waals surface area (Å²) in [6, 6.07) is 2.05. The fourth-order valence-electron chi connectivity index (χ4n) is 1.20. The maximum Gasteiger partial charge on any atom is 0.126 e. The van der Waals surface area contributed by atoms with Crippen LogP contribution in [-0.2, 0) is 0 Å². The molecular weight excluding hydrogens is 320 g/mol. The van der Waals surface area contributed by atoms with Crippen LogP contribution in [0.25, 0.3) is 0 Å². The van der Waals surface area contributed by atoms with Crippen LogP contribution < -0.4 is 5.32 Å². The van der Waals surface area contributed by atoms with Crippen molar-refractivity contribution in [1.82, 2.24) is 4.98 Å². The predicted molar refractivity (Wildman–Crippen MR) is 72.8 cm³/mol. The van der Waals surface area contributed by atoms with Crippen molar-refractivity contribution in [1.29, 1.82) is 0 Å². The number of aryl methyl sites for hydroxylation is 1. The van der Waals surface area contributed by atoms with Crippen LogP contribution >= 0.6 is 31.9 Å². The van der Waals surface area contributed by atoms with Gasteiger partial charge in [0.1, 0.15) is 5.82 Å². The van der Waals surface area contributed by atoms with Crippen LogP contribution in [0.2, 0.25) is 0 Å². The molecule has 4 heteroatoms. The zero-order valence-corrected chi connectivity index (χ0v) is 12.2. The highest BCUT2D eigenvalue weighted by atomic mass is 79.9. The van der Waals surface area contributed by atoms with Crippen LogP contribution in [0, 0.1) is 6.92 Å². The Hall–Kier alpha value is -0.0900. The molecule has 1 rings (SSSR count). The Balaban J connectivity index is 2.41. The average molecular weight is 336 g/mol. The Bertz CT molecular complexity index is 315. The van der Waals surface area contributed by atoms with Crippen molar-refractivity contribution in [2.24, 2.45) is 0 Å². The fourth-order valence-corrected chi connectivity index (χ4v) is 1.64. The minimum absolute atomic E-state index is 0.599. The average Bonchev–Trinajstić information content (AvgIpc) is 2.23. The van der Waals surface area contributed by atoms with E-state index < -0.39 is 0 Å². The van der Waals surface area contributed by atoms with E-state index in [9.17, 15) is 0 Å². The Morgan fingerprint density at radius 3 is 2.87 bits per heavy atom. The largest absolute Gasteiger partial charge is 0.370 e. The third-order valence-electron chi connectivity index (χ3n) is 2.25. The molecule has 0 fully saturated rings. The van der Waals surface area contributed by atoms with Crippen molar-refractivity contribution in [2.45, 2.75) is 31.5 Å². The topological polar surface area (TPSA) is 24.9 Å². The second-order valence-corrected chi connectivity index (χ2v) is 5.69. The maximum absolute atomic E-state index is 4.29. The molecule has 0 spiro atoms. The third-order valence-corrected chi connectivity index (χ3v) is 4.19. The first kappa shape index (κ1) is 13.0. The van der Waals surface area contributed by atoms with E-state index in [1.807, 2.05) is 6.20 Å². The van der Waals surface area contributed by atoms with Crippen molar-refractivity contribution in [2.75, 3.05) is 11.9 Å². The molecule has 2 nitrogen and oxygen atoms in total. The number of anilines is 1. The second kappa shape index (κ2) is 6.48. The van der Waals surface area contributed by atoms with Crippen LogP contribution in [0.15, 0.2) is 16.7 Å². The summed E-state index contributed by atoms with van der Waals surface area (Å²) in [6.45, 7) is 5.20. The van der Waals surface area contributed by atoms with Gasteiger partial charge in [0.25, 0.3) is 0 Å². The van der Waals surface area contributed by atoms with E-state index in [0.29, 0.717) is 4.83 Å². The number of nitrogens with zero attached hydrogens (tertiary/aromatic N) is 1. The molecule has 1 aromatic rings. The number of hydrogen-bond acceptors (Lipinski definition) is 2. The molecule has 0 amide bonds. The van der Waals surface area contributed by atoms with Crippen molar-refractivity contribution in [3.8, 4) is 0 Å². The Morgan fingerprint density at radius 1 is 1.53 bits per heavy atom. The Kier molecular flexibility index (Phi) is 5.61. The number of alkyl halides is 1. The monoisotopic (exact) mass is 334 g/mol. The predicted octanol–water partition coefficient (Wildman–Crippen LogP) is 4.13. The van der Waals surface area contributed by atoms with Crippen LogP contribution in [0.1, 0.15) is 25.3 Å². The summed E-state index contributed by atoms with van der Waals surface area (Å²) in [6.07, 6.45) is 4.12. The van der Waals surface area contributed by atoms with Gasteiger partial charge in [-0.2, -0.15) is 0 Å². The van der Waals surface area contributed by atoms with Gasteiger partial charge < -0.3 is 5.32 Å². The molecular formula is C11H16Br2N2. The molecule has 0 saturated carbocycles. The summed E-state index contributed by atoms with van der Waals surface area (Å²) in [5.74, 6) is 0.950. The van der Waals surface area contributed by atoms with Gasteiger partial charge >= 0.3 is 0 Å². The first-order valence-electron chi connectivity index (χ1n) is 5.13. The van der Waals surface area contributed by atoms with E-state index >= 15 is 0 Å². The SMILES string of the molecule is CCC(Br)CCNc1cc(C)c(Br)cn1. The van der Waals surface area contributed by atoms with E-state index in [0.717, 1.165) is 29.7 Å². The quantitative estimate of drug-likeness (QED) is 0.818. The number of nitrogens with one attached hydrogen (secondary N) is 1. The standard InChI is InChI=1S/C11H16Br2N2/c1-3-9(12)4-5-14-11-6-8(2)10(13)7-15-11/h6-7,9H,3-5H2,1-2H3,(H,14,15). The van der Waals surface area contributed by atoms with Gasteiger partial charge in [-0.3, -0.25) is 0 Å². The Morgan fingerprint density at radius 2 is 2.27 bits per heavy atom. The van der Waals surface area contributed by atoms with Crippen LogP contribution in [0.4, 0.5) is 5.82 Å². The summed E-state index contributed by atoms with van der Waals surface area (Å²) in [4.78, 5) is 4.89. The maximum atomic E-state index is 4.29.